The summed E-state index contributed by atoms with van der Waals surface area (Å²) in [6.45, 7) is 3.90. The van der Waals surface area contributed by atoms with Gasteiger partial charge in [0.25, 0.3) is 0 Å². The number of imidazole rings is 1. The van der Waals surface area contributed by atoms with E-state index in [4.69, 9.17) is 5.11 Å². The Morgan fingerprint density at radius 2 is 2.19 bits per heavy atom. The molecule has 0 saturated heterocycles. The highest BCUT2D eigenvalue weighted by atomic mass is 32.2. The SMILES string of the molecule is Cc1ccc(C)c(NC(=O)CSc2ncc(CO)n2C)c1. The van der Waals surface area contributed by atoms with Crippen molar-refractivity contribution in [1.82, 2.24) is 9.55 Å². The van der Waals surface area contributed by atoms with Gasteiger partial charge in [-0.15, -0.1) is 0 Å². The van der Waals surface area contributed by atoms with Gasteiger partial charge >= 0.3 is 0 Å². The molecule has 2 N–H and O–H groups in total. The maximum absolute atomic E-state index is 12.0. The van der Waals surface area contributed by atoms with Gasteiger partial charge in [0.2, 0.25) is 5.91 Å². The molecule has 112 valence electrons. The molecule has 1 aromatic heterocycles. The molecule has 1 aromatic carbocycles. The molecular weight excluding hydrogens is 286 g/mol. The summed E-state index contributed by atoms with van der Waals surface area (Å²) in [5, 5.41) is 12.7. The van der Waals surface area contributed by atoms with Crippen LogP contribution in [0.25, 0.3) is 0 Å². The number of nitrogens with one attached hydrogen (secondary N) is 1. The molecule has 1 amide bonds. The molecule has 0 radical (unpaired) electrons. The zero-order valence-corrected chi connectivity index (χ0v) is 13.2. The van der Waals surface area contributed by atoms with Crippen LogP contribution in [0, 0.1) is 13.8 Å². The van der Waals surface area contributed by atoms with E-state index in [0.717, 1.165) is 27.7 Å². The summed E-state index contributed by atoms with van der Waals surface area (Å²) in [6.07, 6.45) is 1.62. The summed E-state index contributed by atoms with van der Waals surface area (Å²) in [6, 6.07) is 5.97. The molecule has 0 saturated carbocycles. The molecule has 0 atom stereocenters. The smallest absolute Gasteiger partial charge is 0.234 e. The molecule has 0 aliphatic carbocycles. The molecule has 2 rings (SSSR count). The van der Waals surface area contributed by atoms with E-state index in [-0.39, 0.29) is 18.3 Å². The summed E-state index contributed by atoms with van der Waals surface area (Å²) in [7, 11) is 1.82. The lowest BCUT2D eigenvalue weighted by Gasteiger charge is -2.09. The molecule has 6 heteroatoms. The number of nitrogens with zero attached hydrogens (tertiary/aromatic N) is 2. The van der Waals surface area contributed by atoms with E-state index >= 15 is 0 Å². The molecule has 0 unspecified atom stereocenters. The molecule has 5 nitrogen and oxygen atoms in total. The standard InChI is InChI=1S/C15H19N3O2S/c1-10-4-5-11(2)13(6-10)17-14(20)9-21-15-16-7-12(8-19)18(15)3/h4-7,19H,8-9H2,1-3H3,(H,17,20). The number of carbonyl (C=O) groups is 1. The number of aliphatic hydroxyl groups is 1. The second-order valence-corrected chi connectivity index (χ2v) is 5.85. The molecule has 2 aromatic rings. The molecule has 0 fully saturated rings. The van der Waals surface area contributed by atoms with Crippen molar-refractivity contribution in [2.24, 2.45) is 7.05 Å². The van der Waals surface area contributed by atoms with Crippen LogP contribution >= 0.6 is 11.8 Å². The predicted octanol–water partition coefficient (Wildman–Crippen LogP) is 2.26. The fourth-order valence-corrected chi connectivity index (χ4v) is 2.66. The lowest BCUT2D eigenvalue weighted by molar-refractivity contribution is -0.113. The van der Waals surface area contributed by atoms with Crippen LogP contribution in [0.1, 0.15) is 16.8 Å². The van der Waals surface area contributed by atoms with Gasteiger partial charge in [-0.2, -0.15) is 0 Å². The lowest BCUT2D eigenvalue weighted by Crippen LogP contribution is -2.15. The van der Waals surface area contributed by atoms with E-state index in [2.05, 4.69) is 10.3 Å². The highest BCUT2D eigenvalue weighted by Gasteiger charge is 2.10. The van der Waals surface area contributed by atoms with Crippen molar-refractivity contribution >= 4 is 23.4 Å². The number of carbonyl (C=O) groups excluding carboxylic acids is 1. The minimum Gasteiger partial charge on any atom is -0.390 e. The minimum atomic E-state index is -0.0674. The number of aromatic nitrogens is 2. The zero-order valence-electron chi connectivity index (χ0n) is 12.4. The van der Waals surface area contributed by atoms with E-state index in [1.807, 2.05) is 39.1 Å². The molecule has 0 aliphatic heterocycles. The number of anilines is 1. The van der Waals surface area contributed by atoms with Crippen molar-refractivity contribution in [2.75, 3.05) is 11.1 Å². The van der Waals surface area contributed by atoms with Crippen molar-refractivity contribution in [2.45, 2.75) is 25.6 Å². The van der Waals surface area contributed by atoms with Gasteiger partial charge in [-0.05, 0) is 31.0 Å². The Balaban J connectivity index is 1.96. The van der Waals surface area contributed by atoms with Gasteiger partial charge < -0.3 is 15.0 Å². The summed E-state index contributed by atoms with van der Waals surface area (Å²) in [4.78, 5) is 16.2. The number of hydrogen-bond donors (Lipinski definition) is 2. The van der Waals surface area contributed by atoms with Gasteiger partial charge in [0, 0.05) is 12.7 Å². The van der Waals surface area contributed by atoms with Crippen molar-refractivity contribution in [1.29, 1.82) is 0 Å². The Kier molecular flexibility index (Phi) is 5.03. The predicted molar refractivity (Wildman–Crippen MR) is 84.4 cm³/mol. The first-order chi connectivity index (χ1) is 10.0. The third-order valence-corrected chi connectivity index (χ3v) is 4.25. The average molecular weight is 305 g/mol. The van der Waals surface area contributed by atoms with Gasteiger partial charge in [0.05, 0.1) is 24.3 Å². The first-order valence-electron chi connectivity index (χ1n) is 6.62. The van der Waals surface area contributed by atoms with Crippen LogP contribution in [-0.2, 0) is 18.4 Å². The number of hydrogen-bond acceptors (Lipinski definition) is 4. The van der Waals surface area contributed by atoms with E-state index < -0.39 is 0 Å². The van der Waals surface area contributed by atoms with Crippen LogP contribution in [0.15, 0.2) is 29.6 Å². The van der Waals surface area contributed by atoms with Crippen LogP contribution in [-0.4, -0.2) is 26.3 Å². The van der Waals surface area contributed by atoms with Crippen LogP contribution in [0.3, 0.4) is 0 Å². The average Bonchev–Trinajstić information content (AvgIpc) is 2.81. The zero-order chi connectivity index (χ0) is 15.4. The molecule has 0 spiro atoms. The second kappa shape index (κ2) is 6.78. The van der Waals surface area contributed by atoms with E-state index in [0.29, 0.717) is 0 Å². The number of rotatable bonds is 5. The summed E-state index contributed by atoms with van der Waals surface area (Å²) in [5.74, 6) is 0.213. The van der Waals surface area contributed by atoms with Crippen LogP contribution < -0.4 is 5.32 Å². The second-order valence-electron chi connectivity index (χ2n) is 4.90. The van der Waals surface area contributed by atoms with E-state index in [1.54, 1.807) is 10.8 Å². The Morgan fingerprint density at radius 1 is 1.43 bits per heavy atom. The number of aliphatic hydroxyl groups excluding tert-OH is 1. The fraction of sp³-hybridized carbons (Fsp3) is 0.333. The van der Waals surface area contributed by atoms with E-state index in [9.17, 15) is 4.79 Å². The number of amides is 1. The van der Waals surface area contributed by atoms with Gasteiger partial charge in [-0.3, -0.25) is 4.79 Å². The third kappa shape index (κ3) is 3.86. The quantitative estimate of drug-likeness (QED) is 0.832. The van der Waals surface area contributed by atoms with Crippen molar-refractivity contribution < 1.29 is 9.90 Å². The summed E-state index contributed by atoms with van der Waals surface area (Å²) >= 11 is 1.35. The lowest BCUT2D eigenvalue weighted by atomic mass is 10.1. The maximum Gasteiger partial charge on any atom is 0.234 e. The third-order valence-electron chi connectivity index (χ3n) is 3.20. The van der Waals surface area contributed by atoms with Crippen molar-refractivity contribution in [3.8, 4) is 0 Å². The van der Waals surface area contributed by atoms with Crippen LogP contribution in [0.5, 0.6) is 0 Å². The molecule has 1 heterocycles. The molecule has 21 heavy (non-hydrogen) atoms. The first kappa shape index (κ1) is 15.6. The Bertz CT molecular complexity index is 652. The first-order valence-corrected chi connectivity index (χ1v) is 7.61. The van der Waals surface area contributed by atoms with Crippen molar-refractivity contribution in [3.05, 3.63) is 41.2 Å². The Labute approximate surface area is 128 Å². The molecular formula is C15H19N3O2S. The Morgan fingerprint density at radius 3 is 2.86 bits per heavy atom. The number of benzene rings is 1. The van der Waals surface area contributed by atoms with Gasteiger partial charge in [0.1, 0.15) is 0 Å². The number of aryl methyl sites for hydroxylation is 2. The van der Waals surface area contributed by atoms with Gasteiger partial charge in [0.15, 0.2) is 5.16 Å². The normalized spacial score (nSPS) is 10.7. The monoisotopic (exact) mass is 305 g/mol. The molecule has 0 bridgehead atoms. The fourth-order valence-electron chi connectivity index (χ4n) is 1.89. The summed E-state index contributed by atoms with van der Waals surface area (Å²) < 4.78 is 1.79. The largest absolute Gasteiger partial charge is 0.390 e. The minimum absolute atomic E-state index is 0.0568. The van der Waals surface area contributed by atoms with Gasteiger partial charge in [-0.1, -0.05) is 23.9 Å². The molecule has 0 aliphatic rings. The van der Waals surface area contributed by atoms with E-state index in [1.165, 1.54) is 11.8 Å². The van der Waals surface area contributed by atoms with Crippen LogP contribution in [0.2, 0.25) is 0 Å². The maximum atomic E-state index is 12.0. The highest BCUT2D eigenvalue weighted by molar-refractivity contribution is 7.99. The Hall–Kier alpha value is -1.79. The number of thioether (sulfide) groups is 1. The van der Waals surface area contributed by atoms with Crippen LogP contribution in [0.4, 0.5) is 5.69 Å². The topological polar surface area (TPSA) is 67.2 Å². The van der Waals surface area contributed by atoms with Gasteiger partial charge in [-0.25, -0.2) is 4.98 Å². The van der Waals surface area contributed by atoms with Crippen molar-refractivity contribution in [3.63, 3.8) is 0 Å². The summed E-state index contributed by atoms with van der Waals surface area (Å²) in [5.41, 5.74) is 3.72. The highest BCUT2D eigenvalue weighted by Crippen LogP contribution is 2.19.